The lowest BCUT2D eigenvalue weighted by Gasteiger charge is -2.33. The number of rotatable bonds is 4. The number of carbonyl (C=O) groups is 2. The molecule has 2 aliphatic rings. The Balaban J connectivity index is 1.27. The third-order valence-corrected chi connectivity index (χ3v) is 6.55. The van der Waals surface area contributed by atoms with Crippen LogP contribution in [0, 0.1) is 12.8 Å². The largest absolute Gasteiger partial charge is 0.444 e. The summed E-state index contributed by atoms with van der Waals surface area (Å²) in [6.07, 6.45) is 4.07. The summed E-state index contributed by atoms with van der Waals surface area (Å²) < 4.78 is 5.49. The maximum absolute atomic E-state index is 12.8. The highest BCUT2D eigenvalue weighted by Gasteiger charge is 2.30. The van der Waals surface area contributed by atoms with Crippen molar-refractivity contribution in [3.8, 4) is 0 Å². The summed E-state index contributed by atoms with van der Waals surface area (Å²) in [4.78, 5) is 29.1. The van der Waals surface area contributed by atoms with Crippen molar-refractivity contribution in [1.29, 1.82) is 0 Å². The maximum atomic E-state index is 12.8. The number of piperidine rings is 1. The van der Waals surface area contributed by atoms with E-state index in [2.05, 4.69) is 32.5 Å². The molecule has 0 bridgehead atoms. The monoisotopic (exact) mass is 465 g/mol. The van der Waals surface area contributed by atoms with E-state index in [4.69, 9.17) is 4.74 Å². The fourth-order valence-electron chi connectivity index (χ4n) is 4.67. The predicted octanol–water partition coefficient (Wildman–Crippen LogP) is 4.36. The first-order valence-electron chi connectivity index (χ1n) is 12.1. The summed E-state index contributed by atoms with van der Waals surface area (Å²) in [6.45, 7) is 10.5. The van der Waals surface area contributed by atoms with Crippen LogP contribution in [-0.4, -0.2) is 58.9 Å². The zero-order valence-electron chi connectivity index (χ0n) is 20.6. The number of hydrogen-bond acceptors (Lipinski definition) is 6. The second kappa shape index (κ2) is 9.99. The number of ether oxygens (including phenoxy) is 1. The van der Waals surface area contributed by atoms with Gasteiger partial charge in [0, 0.05) is 31.9 Å². The normalized spacial score (nSPS) is 19.2. The number of hydrogen-bond donors (Lipinski definition) is 1. The van der Waals surface area contributed by atoms with Gasteiger partial charge in [-0.05, 0) is 82.2 Å². The van der Waals surface area contributed by atoms with E-state index in [-0.39, 0.29) is 17.9 Å². The van der Waals surface area contributed by atoms with Crippen molar-refractivity contribution in [3.05, 3.63) is 47.7 Å². The molecule has 1 N–H and O–H groups in total. The third-order valence-electron chi connectivity index (χ3n) is 6.55. The molecule has 0 saturated carbocycles. The Morgan fingerprint density at radius 1 is 1.03 bits per heavy atom. The molecule has 2 amide bonds. The van der Waals surface area contributed by atoms with Crippen LogP contribution in [0.3, 0.4) is 0 Å². The van der Waals surface area contributed by atoms with Gasteiger partial charge in [-0.2, -0.15) is 5.10 Å². The number of benzene rings is 1. The minimum Gasteiger partial charge on any atom is -0.444 e. The molecule has 3 heterocycles. The lowest BCUT2D eigenvalue weighted by Crippen LogP contribution is -2.41. The zero-order valence-corrected chi connectivity index (χ0v) is 20.6. The van der Waals surface area contributed by atoms with Gasteiger partial charge in [-0.15, -0.1) is 5.10 Å². The molecule has 0 radical (unpaired) electrons. The van der Waals surface area contributed by atoms with E-state index in [1.54, 1.807) is 11.1 Å². The predicted molar refractivity (Wildman–Crippen MR) is 132 cm³/mol. The fourth-order valence-corrected chi connectivity index (χ4v) is 4.67. The van der Waals surface area contributed by atoms with Crippen molar-refractivity contribution < 1.29 is 14.3 Å². The van der Waals surface area contributed by atoms with Gasteiger partial charge in [0.2, 0.25) is 5.91 Å². The number of nitrogens with zero attached hydrogens (tertiary/aromatic N) is 4. The molecular weight excluding hydrogens is 430 g/mol. The van der Waals surface area contributed by atoms with Crippen LogP contribution in [0.2, 0.25) is 0 Å². The SMILES string of the molecule is Cc1ccnnc1N1CCC(C(=O)Nc2ccc(C3CCN(C(=O)OC(C)(C)C)CC3)cc2)C1. The molecule has 34 heavy (non-hydrogen) atoms. The van der Waals surface area contributed by atoms with Crippen LogP contribution in [0.5, 0.6) is 0 Å². The molecule has 1 aromatic heterocycles. The summed E-state index contributed by atoms with van der Waals surface area (Å²) >= 11 is 0. The molecule has 8 nitrogen and oxygen atoms in total. The molecular formula is C26H35N5O3. The summed E-state index contributed by atoms with van der Waals surface area (Å²) in [5.74, 6) is 1.24. The van der Waals surface area contributed by atoms with Crippen LogP contribution in [0.1, 0.15) is 57.1 Å². The summed E-state index contributed by atoms with van der Waals surface area (Å²) in [5, 5.41) is 11.3. The van der Waals surface area contributed by atoms with Gasteiger partial charge in [0.1, 0.15) is 5.60 Å². The van der Waals surface area contributed by atoms with Crippen molar-refractivity contribution in [2.45, 2.75) is 58.5 Å². The number of likely N-dealkylation sites (tertiary alicyclic amines) is 1. The lowest BCUT2D eigenvalue weighted by atomic mass is 9.89. The molecule has 2 fully saturated rings. The van der Waals surface area contributed by atoms with Crippen molar-refractivity contribution in [2.24, 2.45) is 5.92 Å². The van der Waals surface area contributed by atoms with E-state index in [9.17, 15) is 9.59 Å². The average molecular weight is 466 g/mol. The van der Waals surface area contributed by atoms with Gasteiger partial charge >= 0.3 is 6.09 Å². The number of carbonyl (C=O) groups excluding carboxylic acids is 2. The van der Waals surface area contributed by atoms with Gasteiger partial charge in [0.05, 0.1) is 12.1 Å². The average Bonchev–Trinajstić information content (AvgIpc) is 3.29. The highest BCUT2D eigenvalue weighted by Crippen LogP contribution is 2.30. The molecule has 0 spiro atoms. The van der Waals surface area contributed by atoms with Gasteiger partial charge in [-0.3, -0.25) is 4.79 Å². The van der Waals surface area contributed by atoms with Crippen molar-refractivity contribution in [1.82, 2.24) is 15.1 Å². The van der Waals surface area contributed by atoms with Crippen LogP contribution in [-0.2, 0) is 9.53 Å². The molecule has 1 unspecified atom stereocenters. The molecule has 4 rings (SSSR count). The highest BCUT2D eigenvalue weighted by atomic mass is 16.6. The van der Waals surface area contributed by atoms with Crippen LogP contribution < -0.4 is 10.2 Å². The molecule has 8 heteroatoms. The van der Waals surface area contributed by atoms with Gasteiger partial charge in [0.15, 0.2) is 5.82 Å². The molecule has 182 valence electrons. The number of amides is 2. The van der Waals surface area contributed by atoms with E-state index < -0.39 is 5.60 Å². The first kappa shape index (κ1) is 24.0. The molecule has 2 aromatic rings. The number of aromatic nitrogens is 2. The van der Waals surface area contributed by atoms with E-state index in [1.807, 2.05) is 45.9 Å². The Bertz CT molecular complexity index is 1010. The Morgan fingerprint density at radius 2 is 1.74 bits per heavy atom. The lowest BCUT2D eigenvalue weighted by molar-refractivity contribution is -0.119. The Hall–Kier alpha value is -3.16. The van der Waals surface area contributed by atoms with Crippen molar-refractivity contribution in [3.63, 3.8) is 0 Å². The first-order chi connectivity index (χ1) is 16.2. The molecule has 1 aromatic carbocycles. The van der Waals surface area contributed by atoms with Crippen molar-refractivity contribution in [2.75, 3.05) is 36.4 Å². The summed E-state index contributed by atoms with van der Waals surface area (Å²) in [5.41, 5.74) is 2.66. The Labute approximate surface area is 201 Å². The van der Waals surface area contributed by atoms with E-state index >= 15 is 0 Å². The van der Waals surface area contributed by atoms with E-state index in [0.717, 1.165) is 42.9 Å². The summed E-state index contributed by atoms with van der Waals surface area (Å²) in [7, 11) is 0. The minimum absolute atomic E-state index is 0.0439. The second-order valence-electron chi connectivity index (χ2n) is 10.3. The van der Waals surface area contributed by atoms with Gasteiger partial charge in [-0.1, -0.05) is 12.1 Å². The van der Waals surface area contributed by atoms with Gasteiger partial charge < -0.3 is 19.9 Å². The summed E-state index contributed by atoms with van der Waals surface area (Å²) in [6, 6.07) is 10.1. The van der Waals surface area contributed by atoms with Gasteiger partial charge in [0.25, 0.3) is 0 Å². The van der Waals surface area contributed by atoms with Crippen LogP contribution >= 0.6 is 0 Å². The topological polar surface area (TPSA) is 87.7 Å². The number of nitrogens with one attached hydrogen (secondary N) is 1. The third kappa shape index (κ3) is 5.85. The van der Waals surface area contributed by atoms with Crippen LogP contribution in [0.25, 0.3) is 0 Å². The maximum Gasteiger partial charge on any atom is 0.410 e. The quantitative estimate of drug-likeness (QED) is 0.722. The molecule has 2 saturated heterocycles. The standard InChI is InChI=1S/C26H35N5O3/c1-18-9-13-27-29-23(18)31-16-12-21(17-31)24(32)28-22-7-5-19(6-8-22)20-10-14-30(15-11-20)25(33)34-26(2,3)4/h5-9,13,20-21H,10-12,14-17H2,1-4H3,(H,28,32). The smallest absolute Gasteiger partial charge is 0.410 e. The Morgan fingerprint density at radius 3 is 2.38 bits per heavy atom. The minimum atomic E-state index is -0.473. The fraction of sp³-hybridized carbons (Fsp3) is 0.538. The molecule has 1 atom stereocenters. The number of aryl methyl sites for hydroxylation is 1. The van der Waals surface area contributed by atoms with Crippen LogP contribution in [0.15, 0.2) is 36.5 Å². The van der Waals surface area contributed by atoms with E-state index in [1.165, 1.54) is 5.56 Å². The first-order valence-corrected chi connectivity index (χ1v) is 12.1. The highest BCUT2D eigenvalue weighted by molar-refractivity contribution is 5.93. The molecule has 0 aliphatic carbocycles. The second-order valence-corrected chi connectivity index (χ2v) is 10.3. The molecule has 2 aliphatic heterocycles. The van der Waals surface area contributed by atoms with Gasteiger partial charge in [-0.25, -0.2) is 4.79 Å². The Kier molecular flexibility index (Phi) is 7.05. The number of anilines is 2. The zero-order chi connectivity index (χ0) is 24.3. The van der Waals surface area contributed by atoms with Crippen molar-refractivity contribution >= 4 is 23.5 Å². The van der Waals surface area contributed by atoms with Crippen LogP contribution in [0.4, 0.5) is 16.3 Å². The van der Waals surface area contributed by atoms with E-state index in [0.29, 0.717) is 25.6 Å².